The van der Waals surface area contributed by atoms with E-state index < -0.39 is 0 Å². The normalized spacial score (nSPS) is 17.2. The van der Waals surface area contributed by atoms with Gasteiger partial charge in [-0.3, -0.25) is 0 Å². The summed E-state index contributed by atoms with van der Waals surface area (Å²) in [4.78, 5) is 4.77. The second-order valence-corrected chi connectivity index (χ2v) is 6.44. The maximum Gasteiger partial charge on any atom is 0.168 e. The lowest BCUT2D eigenvalue weighted by atomic mass is 10.0. The van der Waals surface area contributed by atoms with E-state index in [1.165, 1.54) is 42.8 Å². The minimum atomic E-state index is 0.841. The third kappa shape index (κ3) is 2.79. The monoisotopic (exact) mass is 275 g/mol. The molecule has 1 N–H and O–H groups in total. The predicted octanol–water partition coefficient (Wildman–Crippen LogP) is 2.97. The number of thioether (sulfide) groups is 1. The van der Waals surface area contributed by atoms with E-state index in [0.29, 0.717) is 0 Å². The molecule has 1 aliphatic heterocycles. The topological polar surface area (TPSA) is 29.9 Å². The van der Waals surface area contributed by atoms with E-state index in [0.717, 1.165) is 16.6 Å². The van der Waals surface area contributed by atoms with Gasteiger partial charge < -0.3 is 9.88 Å². The fraction of sp³-hybridized carbons (Fsp3) is 0.533. The molecular formula is C15H21N3S. The predicted molar refractivity (Wildman–Crippen MR) is 81.8 cm³/mol. The van der Waals surface area contributed by atoms with Crippen molar-refractivity contribution >= 4 is 22.8 Å². The second kappa shape index (κ2) is 5.55. The van der Waals surface area contributed by atoms with E-state index in [1.54, 1.807) is 0 Å². The number of hydrogen-bond acceptors (Lipinski definition) is 3. The van der Waals surface area contributed by atoms with Crippen molar-refractivity contribution in [2.24, 2.45) is 13.0 Å². The summed E-state index contributed by atoms with van der Waals surface area (Å²) in [6.07, 6.45) is 2.60. The number of rotatable bonds is 3. The van der Waals surface area contributed by atoms with Gasteiger partial charge in [0, 0.05) is 12.8 Å². The van der Waals surface area contributed by atoms with Crippen LogP contribution in [0.4, 0.5) is 0 Å². The molecule has 1 fully saturated rings. The Kier molecular flexibility index (Phi) is 3.80. The lowest BCUT2D eigenvalue weighted by Gasteiger charge is -2.21. The van der Waals surface area contributed by atoms with Crippen LogP contribution in [-0.2, 0) is 7.05 Å². The number of nitrogens with one attached hydrogen (secondary N) is 1. The highest BCUT2D eigenvalue weighted by molar-refractivity contribution is 7.99. The van der Waals surface area contributed by atoms with Crippen LogP contribution in [0.15, 0.2) is 23.4 Å². The molecule has 0 saturated carbocycles. The molecule has 1 aromatic carbocycles. The van der Waals surface area contributed by atoms with Gasteiger partial charge in [0.1, 0.15) is 0 Å². The summed E-state index contributed by atoms with van der Waals surface area (Å²) in [5.74, 6) is 2.03. The van der Waals surface area contributed by atoms with Crippen LogP contribution in [0.5, 0.6) is 0 Å². The average Bonchev–Trinajstić information content (AvgIpc) is 2.74. The molecule has 102 valence electrons. The first-order chi connectivity index (χ1) is 9.24. The molecule has 0 unspecified atom stereocenters. The van der Waals surface area contributed by atoms with Gasteiger partial charge in [0.2, 0.25) is 0 Å². The molecule has 0 radical (unpaired) electrons. The van der Waals surface area contributed by atoms with Crippen LogP contribution >= 0.6 is 11.8 Å². The Morgan fingerprint density at radius 1 is 1.37 bits per heavy atom. The zero-order valence-electron chi connectivity index (χ0n) is 11.6. The van der Waals surface area contributed by atoms with Gasteiger partial charge in [-0.15, -0.1) is 0 Å². The minimum Gasteiger partial charge on any atom is -0.322 e. The Hall–Kier alpha value is -1.00. The Morgan fingerprint density at radius 3 is 2.95 bits per heavy atom. The summed E-state index contributed by atoms with van der Waals surface area (Å²) >= 11 is 1.91. The highest BCUT2D eigenvalue weighted by atomic mass is 32.2. The number of imidazole rings is 1. The van der Waals surface area contributed by atoms with Gasteiger partial charge in [-0.2, -0.15) is 0 Å². The number of benzene rings is 1. The SMILES string of the molecule is Cc1ccc2c(c1)nc(SCC1CCNCC1)n2C. The van der Waals surface area contributed by atoms with E-state index in [9.17, 15) is 0 Å². The molecule has 0 aliphatic carbocycles. The molecule has 0 atom stereocenters. The van der Waals surface area contributed by atoms with Gasteiger partial charge in [0.05, 0.1) is 11.0 Å². The standard InChI is InChI=1S/C15H21N3S/c1-11-3-4-14-13(9-11)17-15(18(14)2)19-10-12-5-7-16-8-6-12/h3-4,9,12,16H,5-8,10H2,1-2H3. The van der Waals surface area contributed by atoms with Crippen molar-refractivity contribution in [1.29, 1.82) is 0 Å². The second-order valence-electron chi connectivity index (χ2n) is 5.45. The minimum absolute atomic E-state index is 0.841. The van der Waals surface area contributed by atoms with Crippen molar-refractivity contribution < 1.29 is 0 Å². The van der Waals surface area contributed by atoms with Gasteiger partial charge in [-0.25, -0.2) is 4.98 Å². The Balaban J connectivity index is 1.75. The fourth-order valence-electron chi connectivity index (χ4n) is 2.66. The zero-order chi connectivity index (χ0) is 13.2. The van der Waals surface area contributed by atoms with Crippen molar-refractivity contribution in [3.8, 4) is 0 Å². The average molecular weight is 275 g/mol. The molecule has 0 spiro atoms. The van der Waals surface area contributed by atoms with Crippen molar-refractivity contribution in [2.45, 2.75) is 24.9 Å². The van der Waals surface area contributed by atoms with Crippen LogP contribution in [0.3, 0.4) is 0 Å². The number of fused-ring (bicyclic) bond motifs is 1. The number of nitrogens with zero attached hydrogens (tertiary/aromatic N) is 2. The maximum absolute atomic E-state index is 4.77. The molecule has 19 heavy (non-hydrogen) atoms. The summed E-state index contributed by atoms with van der Waals surface area (Å²) in [5, 5.41) is 4.57. The molecule has 2 aromatic rings. The van der Waals surface area contributed by atoms with E-state index >= 15 is 0 Å². The van der Waals surface area contributed by atoms with Gasteiger partial charge in [-0.1, -0.05) is 17.8 Å². The summed E-state index contributed by atoms with van der Waals surface area (Å²) in [7, 11) is 2.12. The van der Waals surface area contributed by atoms with Crippen molar-refractivity contribution in [3.63, 3.8) is 0 Å². The lowest BCUT2D eigenvalue weighted by molar-refractivity contribution is 0.407. The number of aromatic nitrogens is 2. The molecule has 0 amide bonds. The largest absolute Gasteiger partial charge is 0.322 e. The third-order valence-corrected chi connectivity index (χ3v) is 5.16. The molecule has 0 bridgehead atoms. The van der Waals surface area contributed by atoms with Crippen LogP contribution in [-0.4, -0.2) is 28.4 Å². The smallest absolute Gasteiger partial charge is 0.168 e. The number of aryl methyl sites for hydroxylation is 2. The lowest BCUT2D eigenvalue weighted by Crippen LogP contribution is -2.28. The van der Waals surface area contributed by atoms with E-state index in [4.69, 9.17) is 4.98 Å². The molecule has 3 rings (SSSR count). The molecule has 4 heteroatoms. The van der Waals surface area contributed by atoms with E-state index in [2.05, 4.69) is 42.1 Å². The van der Waals surface area contributed by atoms with E-state index in [1.807, 2.05) is 11.8 Å². The van der Waals surface area contributed by atoms with Gasteiger partial charge in [-0.05, 0) is 56.5 Å². The van der Waals surface area contributed by atoms with Crippen LogP contribution in [0.1, 0.15) is 18.4 Å². The summed E-state index contributed by atoms with van der Waals surface area (Å²) in [5.41, 5.74) is 3.63. The van der Waals surface area contributed by atoms with Crippen LogP contribution < -0.4 is 5.32 Å². The van der Waals surface area contributed by atoms with Crippen molar-refractivity contribution in [3.05, 3.63) is 23.8 Å². The Bertz CT molecular complexity index is 570. The van der Waals surface area contributed by atoms with Crippen molar-refractivity contribution in [1.82, 2.24) is 14.9 Å². The van der Waals surface area contributed by atoms with Gasteiger partial charge in [0.15, 0.2) is 5.16 Å². The molecule has 2 heterocycles. The first-order valence-corrected chi connectivity index (χ1v) is 7.99. The van der Waals surface area contributed by atoms with Crippen molar-refractivity contribution in [2.75, 3.05) is 18.8 Å². The molecule has 1 saturated heterocycles. The Labute approximate surface area is 118 Å². The van der Waals surface area contributed by atoms with Crippen LogP contribution in [0.2, 0.25) is 0 Å². The van der Waals surface area contributed by atoms with E-state index in [-0.39, 0.29) is 0 Å². The molecule has 3 nitrogen and oxygen atoms in total. The number of hydrogen-bond donors (Lipinski definition) is 1. The van der Waals surface area contributed by atoms with Gasteiger partial charge in [0.25, 0.3) is 0 Å². The molecule has 1 aliphatic rings. The summed E-state index contributed by atoms with van der Waals surface area (Å²) in [6, 6.07) is 6.50. The van der Waals surface area contributed by atoms with Crippen LogP contribution in [0.25, 0.3) is 11.0 Å². The quantitative estimate of drug-likeness (QED) is 0.873. The fourth-order valence-corrected chi connectivity index (χ4v) is 3.83. The highest BCUT2D eigenvalue weighted by Gasteiger charge is 2.15. The van der Waals surface area contributed by atoms with Crippen LogP contribution in [0, 0.1) is 12.8 Å². The maximum atomic E-state index is 4.77. The summed E-state index contributed by atoms with van der Waals surface area (Å²) in [6.45, 7) is 4.47. The highest BCUT2D eigenvalue weighted by Crippen LogP contribution is 2.27. The molecule has 1 aromatic heterocycles. The Morgan fingerprint density at radius 2 is 2.16 bits per heavy atom. The first kappa shape index (κ1) is 13.0. The third-order valence-electron chi connectivity index (χ3n) is 3.90. The summed E-state index contributed by atoms with van der Waals surface area (Å²) < 4.78 is 2.22. The van der Waals surface area contributed by atoms with Gasteiger partial charge >= 0.3 is 0 Å². The number of piperidine rings is 1. The molecular weight excluding hydrogens is 254 g/mol. The first-order valence-electron chi connectivity index (χ1n) is 7.00. The zero-order valence-corrected chi connectivity index (χ0v) is 12.5.